The number of nitrogens with zero attached hydrogens (tertiary/aromatic N) is 3. The van der Waals surface area contributed by atoms with Crippen molar-refractivity contribution in [2.45, 2.75) is 96.2 Å². The largest absolute Gasteiger partial charge is 0.493 e. The molecule has 6 amide bonds. The van der Waals surface area contributed by atoms with Crippen molar-refractivity contribution in [1.82, 2.24) is 20.0 Å². The summed E-state index contributed by atoms with van der Waals surface area (Å²) in [6.07, 6.45) is 9.02. The first-order valence-corrected chi connectivity index (χ1v) is 24.7. The molecule has 0 saturated carbocycles. The maximum Gasteiger partial charge on any atom is 0.264 e. The van der Waals surface area contributed by atoms with Gasteiger partial charge in [-0.1, -0.05) is 49.7 Å². The Kier molecular flexibility index (Phi) is 15.2. The minimum atomic E-state index is -3.68. The van der Waals surface area contributed by atoms with Crippen LogP contribution in [0.25, 0.3) is 0 Å². The molecule has 350 valence electrons. The highest BCUT2D eigenvalue weighted by atomic mass is 32.2. The second kappa shape index (κ2) is 21.0. The summed E-state index contributed by atoms with van der Waals surface area (Å²) < 4.78 is 51.3. The maximum atomic E-state index is 15.1. The van der Waals surface area contributed by atoms with Crippen LogP contribution in [0.15, 0.2) is 48.5 Å². The highest BCUT2D eigenvalue weighted by Crippen LogP contribution is 2.39. The van der Waals surface area contributed by atoms with Crippen LogP contribution in [-0.2, 0) is 30.8 Å². The van der Waals surface area contributed by atoms with Gasteiger partial charge in [0.05, 0.1) is 47.9 Å². The molecule has 0 bridgehead atoms. The molecule has 15 nitrogen and oxygen atoms in total. The van der Waals surface area contributed by atoms with Crippen LogP contribution in [0.3, 0.4) is 0 Å². The summed E-state index contributed by atoms with van der Waals surface area (Å²) in [6, 6.07) is 10.3. The fourth-order valence-corrected chi connectivity index (χ4v) is 10.1. The van der Waals surface area contributed by atoms with Gasteiger partial charge >= 0.3 is 0 Å². The number of nitrogens with one attached hydrogen (secondary N) is 2. The third kappa shape index (κ3) is 11.1. The van der Waals surface area contributed by atoms with Crippen molar-refractivity contribution in [3.8, 4) is 23.3 Å². The SMILES string of the molecule is CCOc1cc([C@@H](CS(C)(=O)=O)N2C(=O)c3cccc(NC(=O)CCCCCCCCN4CCC(C#Cc5cc6c(cc5F)C(=O)N(C5CCC(=O)NC5=O)C6)CC4)c3C2=O)ccc1OC. The van der Waals surface area contributed by atoms with E-state index in [4.69, 9.17) is 9.47 Å². The number of hydrogen-bond acceptors (Lipinski definition) is 11. The highest BCUT2D eigenvalue weighted by Gasteiger charge is 2.44. The molecule has 66 heavy (non-hydrogen) atoms. The van der Waals surface area contributed by atoms with Gasteiger partial charge in [-0.15, -0.1) is 0 Å². The van der Waals surface area contributed by atoms with Gasteiger partial charge in [0.15, 0.2) is 11.5 Å². The summed E-state index contributed by atoms with van der Waals surface area (Å²) in [6.45, 7) is 5.04. The molecule has 7 rings (SSSR count). The Morgan fingerprint density at radius 2 is 1.65 bits per heavy atom. The van der Waals surface area contributed by atoms with Crippen molar-refractivity contribution in [3.05, 3.63) is 87.7 Å². The molecule has 0 radical (unpaired) electrons. The monoisotopic (exact) mass is 925 g/mol. The summed E-state index contributed by atoms with van der Waals surface area (Å²) in [5.74, 6) is 3.14. The number of sulfone groups is 1. The molecule has 3 aromatic carbocycles. The molecule has 1 unspecified atom stereocenters. The molecule has 2 saturated heterocycles. The third-order valence-corrected chi connectivity index (χ3v) is 13.5. The summed E-state index contributed by atoms with van der Waals surface area (Å²) in [7, 11) is -2.21. The fourth-order valence-electron chi connectivity index (χ4n) is 9.17. The van der Waals surface area contributed by atoms with Crippen molar-refractivity contribution < 1.29 is 51.0 Å². The van der Waals surface area contributed by atoms with E-state index in [1.165, 1.54) is 24.1 Å². The zero-order valence-corrected chi connectivity index (χ0v) is 38.4. The van der Waals surface area contributed by atoms with Crippen molar-refractivity contribution in [2.75, 3.05) is 50.7 Å². The molecular formula is C49H56FN5O10S. The minimum Gasteiger partial charge on any atom is -0.493 e. The molecule has 17 heteroatoms. The van der Waals surface area contributed by atoms with E-state index in [1.807, 2.05) is 0 Å². The van der Waals surface area contributed by atoms with Crippen LogP contribution in [0, 0.1) is 23.6 Å². The number of piperidine rings is 2. The lowest BCUT2D eigenvalue weighted by molar-refractivity contribution is -0.137. The Hall–Kier alpha value is -6.12. The number of amides is 6. The van der Waals surface area contributed by atoms with Gasteiger partial charge in [-0.2, -0.15) is 0 Å². The number of halogens is 1. The van der Waals surface area contributed by atoms with E-state index in [2.05, 4.69) is 27.4 Å². The van der Waals surface area contributed by atoms with Crippen LogP contribution in [0.2, 0.25) is 0 Å². The normalized spacial score (nSPS) is 18.1. The lowest BCUT2D eigenvalue weighted by atomic mass is 9.96. The van der Waals surface area contributed by atoms with E-state index in [1.54, 1.807) is 43.3 Å². The Labute approximate surface area is 384 Å². The summed E-state index contributed by atoms with van der Waals surface area (Å²) in [5.41, 5.74) is 1.77. The maximum absolute atomic E-state index is 15.1. The number of ether oxygens (including phenoxy) is 2. The van der Waals surface area contributed by atoms with E-state index in [-0.39, 0.29) is 71.5 Å². The third-order valence-electron chi connectivity index (χ3n) is 12.6. The summed E-state index contributed by atoms with van der Waals surface area (Å²) in [5, 5.41) is 5.10. The second-order valence-electron chi connectivity index (χ2n) is 17.4. The lowest BCUT2D eigenvalue weighted by Crippen LogP contribution is -2.52. The Bertz CT molecular complexity index is 2580. The summed E-state index contributed by atoms with van der Waals surface area (Å²) >= 11 is 0. The molecule has 2 atom stereocenters. The molecule has 2 fully saturated rings. The molecule has 0 aromatic heterocycles. The highest BCUT2D eigenvalue weighted by molar-refractivity contribution is 7.90. The van der Waals surface area contributed by atoms with Crippen LogP contribution in [0.4, 0.5) is 10.1 Å². The molecule has 3 aromatic rings. The standard InChI is InChI=1S/C49H56FN5O10S/c1-4-65-42-27-33(17-19-41(42)64-2)40(30-66(3,62)63)55-48(60)35-12-11-13-38(45(35)49(55)61)51-43(56)14-9-7-5-6-8-10-23-53-24-21-31(22-25-53)15-16-32-26-34-29-54(47(59)36(34)28-37(32)50)39-18-20-44(57)52-46(39)58/h11-13,17,19,26-28,31,39-40H,4-10,14,18,20-25,29-30H2,1-3H3,(H,51,56)(H,52,57,58)/t39?,40-/m1/s1. The number of benzene rings is 3. The Morgan fingerprint density at radius 3 is 2.36 bits per heavy atom. The van der Waals surface area contributed by atoms with Crippen molar-refractivity contribution in [2.24, 2.45) is 5.92 Å². The molecule has 2 N–H and O–H groups in total. The number of unbranched alkanes of at least 4 members (excludes halogenated alkanes) is 5. The fraction of sp³-hybridized carbons (Fsp3) is 0.469. The molecule has 0 spiro atoms. The van der Waals surface area contributed by atoms with E-state index in [0.29, 0.717) is 35.7 Å². The Morgan fingerprint density at radius 1 is 0.909 bits per heavy atom. The predicted octanol–water partition coefficient (Wildman–Crippen LogP) is 5.81. The first-order valence-electron chi connectivity index (χ1n) is 22.7. The zero-order chi connectivity index (χ0) is 47.1. The van der Waals surface area contributed by atoms with Crippen LogP contribution in [0.5, 0.6) is 11.5 Å². The van der Waals surface area contributed by atoms with E-state index in [0.717, 1.165) is 75.7 Å². The van der Waals surface area contributed by atoms with Crippen molar-refractivity contribution in [3.63, 3.8) is 0 Å². The van der Waals surface area contributed by atoms with Crippen LogP contribution in [-0.4, -0.2) is 110 Å². The quantitative estimate of drug-likeness (QED) is 0.0891. The minimum absolute atomic E-state index is 0.0258. The molecular weight excluding hydrogens is 870 g/mol. The molecule has 0 aliphatic carbocycles. The van der Waals surface area contributed by atoms with Gasteiger partial charge in [-0.05, 0) is 106 Å². The number of fused-ring (bicyclic) bond motifs is 2. The van der Waals surface area contributed by atoms with Gasteiger partial charge in [0, 0.05) is 37.1 Å². The first kappa shape index (κ1) is 47.8. The molecule has 4 heterocycles. The number of imide groups is 2. The van der Waals surface area contributed by atoms with Crippen LogP contribution in [0.1, 0.15) is 131 Å². The van der Waals surface area contributed by atoms with Gasteiger partial charge in [-0.3, -0.25) is 39.0 Å². The number of likely N-dealkylation sites (tertiary alicyclic amines) is 1. The zero-order valence-electron chi connectivity index (χ0n) is 37.6. The van der Waals surface area contributed by atoms with Gasteiger partial charge in [0.2, 0.25) is 17.7 Å². The van der Waals surface area contributed by atoms with Gasteiger partial charge in [0.1, 0.15) is 21.7 Å². The number of hydrogen-bond donors (Lipinski definition) is 2. The Balaban J connectivity index is 0.815. The van der Waals surface area contributed by atoms with Crippen molar-refractivity contribution >= 4 is 51.0 Å². The topological polar surface area (TPSA) is 189 Å². The molecule has 4 aliphatic heterocycles. The van der Waals surface area contributed by atoms with E-state index < -0.39 is 57.1 Å². The van der Waals surface area contributed by atoms with Gasteiger partial charge in [-0.25, -0.2) is 12.8 Å². The number of carbonyl (C=O) groups excluding carboxylic acids is 6. The van der Waals surface area contributed by atoms with Gasteiger partial charge in [0.25, 0.3) is 17.7 Å². The molecule has 4 aliphatic rings. The summed E-state index contributed by atoms with van der Waals surface area (Å²) in [4.78, 5) is 82.6. The number of methoxy groups -OCH3 is 1. The number of anilines is 1. The lowest BCUT2D eigenvalue weighted by Gasteiger charge is -2.29. The average molecular weight is 926 g/mol. The second-order valence-corrected chi connectivity index (χ2v) is 19.5. The smallest absolute Gasteiger partial charge is 0.264 e. The van der Waals surface area contributed by atoms with Crippen LogP contribution < -0.4 is 20.1 Å². The van der Waals surface area contributed by atoms with Crippen LogP contribution >= 0.6 is 0 Å². The van der Waals surface area contributed by atoms with E-state index >= 15 is 4.39 Å². The number of rotatable bonds is 18. The van der Waals surface area contributed by atoms with Gasteiger partial charge < -0.3 is 24.6 Å². The number of carbonyl (C=O) groups is 6. The first-order chi connectivity index (χ1) is 31.6. The van der Waals surface area contributed by atoms with Crippen molar-refractivity contribution in [1.29, 1.82) is 0 Å². The predicted molar refractivity (Wildman–Crippen MR) is 243 cm³/mol. The van der Waals surface area contributed by atoms with E-state index in [9.17, 15) is 37.2 Å². The average Bonchev–Trinajstić information content (AvgIpc) is 3.73.